The Bertz CT molecular complexity index is 482. The number of carbonyl (C=O) groups is 1. The van der Waals surface area contributed by atoms with E-state index in [9.17, 15) is 4.79 Å². The summed E-state index contributed by atoms with van der Waals surface area (Å²) in [6.45, 7) is 2.29. The molecule has 0 radical (unpaired) electrons. The van der Waals surface area contributed by atoms with Crippen molar-refractivity contribution in [1.29, 1.82) is 5.26 Å². The summed E-state index contributed by atoms with van der Waals surface area (Å²) in [4.78, 5) is 13.2. The van der Waals surface area contributed by atoms with Gasteiger partial charge in [0.1, 0.15) is 0 Å². The van der Waals surface area contributed by atoms with E-state index in [0.717, 1.165) is 5.69 Å². The van der Waals surface area contributed by atoms with E-state index in [1.807, 2.05) is 18.0 Å². The van der Waals surface area contributed by atoms with E-state index in [2.05, 4.69) is 4.74 Å². The van der Waals surface area contributed by atoms with Crippen LogP contribution in [0.5, 0.6) is 0 Å². The van der Waals surface area contributed by atoms with Crippen LogP contribution in [0.2, 0.25) is 5.02 Å². The fraction of sp³-hybridized carbons (Fsp3) is 0.385. The van der Waals surface area contributed by atoms with Gasteiger partial charge >= 0.3 is 5.97 Å². The van der Waals surface area contributed by atoms with Crippen LogP contribution in [0.15, 0.2) is 18.2 Å². The number of methoxy groups -OCH3 is 1. The molecule has 0 N–H and O–H groups in total. The Morgan fingerprint density at radius 2 is 2.28 bits per heavy atom. The van der Waals surface area contributed by atoms with E-state index in [0.29, 0.717) is 17.1 Å². The zero-order chi connectivity index (χ0) is 13.7. The molecule has 0 fully saturated rings. The van der Waals surface area contributed by atoms with Gasteiger partial charge in [-0.2, -0.15) is 5.26 Å². The van der Waals surface area contributed by atoms with Crippen LogP contribution in [0, 0.1) is 17.2 Å². The quantitative estimate of drug-likeness (QED) is 0.786. The number of hydrogen-bond donors (Lipinski definition) is 0. The molecule has 1 aromatic carbocycles. The Hall–Kier alpha value is -1.73. The molecule has 0 aliphatic carbocycles. The van der Waals surface area contributed by atoms with Crippen LogP contribution in [-0.2, 0) is 9.53 Å². The molecule has 0 aliphatic rings. The largest absolute Gasteiger partial charge is 0.469 e. The second-order valence-corrected chi connectivity index (χ2v) is 4.49. The summed E-state index contributed by atoms with van der Waals surface area (Å²) in [6, 6.07) is 7.10. The van der Waals surface area contributed by atoms with Crippen molar-refractivity contribution in [2.45, 2.75) is 6.92 Å². The van der Waals surface area contributed by atoms with Gasteiger partial charge in [0.05, 0.1) is 35.4 Å². The van der Waals surface area contributed by atoms with Crippen molar-refractivity contribution in [2.75, 3.05) is 25.6 Å². The second-order valence-electron chi connectivity index (χ2n) is 4.08. The first-order valence-corrected chi connectivity index (χ1v) is 5.86. The van der Waals surface area contributed by atoms with Crippen LogP contribution in [0.3, 0.4) is 0 Å². The van der Waals surface area contributed by atoms with Crippen molar-refractivity contribution in [1.82, 2.24) is 0 Å². The molecule has 1 rings (SSSR count). The monoisotopic (exact) mass is 266 g/mol. The molecule has 4 nitrogen and oxygen atoms in total. The lowest BCUT2D eigenvalue weighted by atomic mass is 10.1. The molecule has 0 aliphatic heterocycles. The third kappa shape index (κ3) is 3.38. The summed E-state index contributed by atoms with van der Waals surface area (Å²) in [6.07, 6.45) is 0. The number of nitrogens with zero attached hydrogens (tertiary/aromatic N) is 2. The minimum Gasteiger partial charge on any atom is -0.469 e. The molecule has 1 unspecified atom stereocenters. The Balaban J connectivity index is 2.82. The maximum absolute atomic E-state index is 11.3. The van der Waals surface area contributed by atoms with Gasteiger partial charge in [0.2, 0.25) is 0 Å². The van der Waals surface area contributed by atoms with E-state index in [4.69, 9.17) is 16.9 Å². The standard InChI is InChI=1S/C13H15ClN2O2/c1-9(13(17)18-3)8-16(2)12-5-4-10(7-15)6-11(12)14/h4-6,9H,8H2,1-3H3. The molecule has 18 heavy (non-hydrogen) atoms. The first-order chi connectivity index (χ1) is 8.49. The lowest BCUT2D eigenvalue weighted by Gasteiger charge is -2.23. The van der Waals surface area contributed by atoms with Gasteiger partial charge < -0.3 is 9.64 Å². The van der Waals surface area contributed by atoms with Crippen molar-refractivity contribution >= 4 is 23.3 Å². The topological polar surface area (TPSA) is 53.3 Å². The predicted octanol–water partition coefficient (Wildman–Crippen LogP) is 2.46. The molecule has 0 heterocycles. The number of anilines is 1. The highest BCUT2D eigenvalue weighted by Crippen LogP contribution is 2.26. The van der Waals surface area contributed by atoms with Gasteiger partial charge in [-0.1, -0.05) is 18.5 Å². The third-order valence-corrected chi connectivity index (χ3v) is 2.94. The minimum absolute atomic E-state index is 0.244. The summed E-state index contributed by atoms with van der Waals surface area (Å²) in [5.74, 6) is -0.502. The van der Waals surface area contributed by atoms with E-state index in [-0.39, 0.29) is 11.9 Å². The summed E-state index contributed by atoms with van der Waals surface area (Å²) in [5.41, 5.74) is 1.30. The highest BCUT2D eigenvalue weighted by molar-refractivity contribution is 6.33. The fourth-order valence-electron chi connectivity index (χ4n) is 1.67. The average molecular weight is 267 g/mol. The lowest BCUT2D eigenvalue weighted by molar-refractivity contribution is -0.144. The van der Waals surface area contributed by atoms with Crippen molar-refractivity contribution in [2.24, 2.45) is 5.92 Å². The number of rotatable bonds is 4. The molecule has 5 heteroatoms. The normalized spacial score (nSPS) is 11.5. The first-order valence-electron chi connectivity index (χ1n) is 5.48. The SMILES string of the molecule is COC(=O)C(C)CN(C)c1ccc(C#N)cc1Cl. The van der Waals surface area contributed by atoms with Crippen molar-refractivity contribution in [3.63, 3.8) is 0 Å². The Morgan fingerprint density at radius 3 is 2.78 bits per heavy atom. The highest BCUT2D eigenvalue weighted by Gasteiger charge is 2.17. The molecule has 0 saturated heterocycles. The summed E-state index contributed by atoms with van der Waals surface area (Å²) in [7, 11) is 3.21. The number of esters is 1. The Morgan fingerprint density at radius 1 is 1.61 bits per heavy atom. The number of nitriles is 1. The molecular formula is C13H15ClN2O2. The Labute approximate surface area is 112 Å². The summed E-state index contributed by atoms with van der Waals surface area (Å²) >= 11 is 6.09. The van der Waals surface area contributed by atoms with E-state index < -0.39 is 0 Å². The molecule has 0 amide bonds. The van der Waals surface area contributed by atoms with Gasteiger partial charge in [0.15, 0.2) is 0 Å². The minimum atomic E-state index is -0.258. The Kier molecular flexibility index (Phi) is 4.99. The second kappa shape index (κ2) is 6.27. The molecule has 1 aromatic rings. The number of hydrogen-bond acceptors (Lipinski definition) is 4. The molecule has 0 spiro atoms. The van der Waals surface area contributed by atoms with Crippen LogP contribution in [0.25, 0.3) is 0 Å². The van der Waals surface area contributed by atoms with Crippen LogP contribution in [0.1, 0.15) is 12.5 Å². The molecule has 1 atom stereocenters. The van der Waals surface area contributed by atoms with Gasteiger partial charge in [-0.25, -0.2) is 0 Å². The zero-order valence-corrected chi connectivity index (χ0v) is 11.4. The van der Waals surface area contributed by atoms with E-state index in [1.165, 1.54) is 7.11 Å². The van der Waals surface area contributed by atoms with Gasteiger partial charge in [0.25, 0.3) is 0 Å². The molecular weight excluding hydrogens is 252 g/mol. The van der Waals surface area contributed by atoms with Gasteiger partial charge in [-0.15, -0.1) is 0 Å². The third-order valence-electron chi connectivity index (χ3n) is 2.64. The van der Waals surface area contributed by atoms with Gasteiger partial charge in [-0.3, -0.25) is 4.79 Å². The number of halogens is 1. The fourth-order valence-corrected chi connectivity index (χ4v) is 2.00. The predicted molar refractivity (Wildman–Crippen MR) is 70.6 cm³/mol. The molecule has 0 bridgehead atoms. The van der Waals surface area contributed by atoms with Crippen molar-refractivity contribution < 1.29 is 9.53 Å². The molecule has 0 aromatic heterocycles. The maximum atomic E-state index is 11.3. The molecule has 0 saturated carbocycles. The van der Waals surface area contributed by atoms with Crippen molar-refractivity contribution in [3.05, 3.63) is 28.8 Å². The summed E-state index contributed by atoms with van der Waals surface area (Å²) in [5, 5.41) is 9.25. The van der Waals surface area contributed by atoms with Crippen LogP contribution < -0.4 is 4.90 Å². The van der Waals surface area contributed by atoms with E-state index >= 15 is 0 Å². The number of benzene rings is 1. The van der Waals surface area contributed by atoms with Crippen LogP contribution in [-0.4, -0.2) is 26.7 Å². The van der Waals surface area contributed by atoms with Crippen LogP contribution in [0.4, 0.5) is 5.69 Å². The van der Waals surface area contributed by atoms with E-state index in [1.54, 1.807) is 25.1 Å². The van der Waals surface area contributed by atoms with Crippen LogP contribution >= 0.6 is 11.6 Å². The zero-order valence-electron chi connectivity index (χ0n) is 10.6. The van der Waals surface area contributed by atoms with Crippen molar-refractivity contribution in [3.8, 4) is 6.07 Å². The van der Waals surface area contributed by atoms with Gasteiger partial charge in [-0.05, 0) is 18.2 Å². The van der Waals surface area contributed by atoms with Gasteiger partial charge in [0, 0.05) is 13.6 Å². The molecule has 96 valence electrons. The maximum Gasteiger partial charge on any atom is 0.310 e. The smallest absolute Gasteiger partial charge is 0.310 e. The highest BCUT2D eigenvalue weighted by atomic mass is 35.5. The lowest BCUT2D eigenvalue weighted by Crippen LogP contribution is -2.29. The number of carbonyl (C=O) groups excluding carboxylic acids is 1. The average Bonchev–Trinajstić information content (AvgIpc) is 2.37. The summed E-state index contributed by atoms with van der Waals surface area (Å²) < 4.78 is 4.67. The number of ether oxygens (including phenoxy) is 1. The first kappa shape index (κ1) is 14.3.